The summed E-state index contributed by atoms with van der Waals surface area (Å²) in [5.41, 5.74) is 3.72. The Balaban J connectivity index is 1.42. The van der Waals surface area contributed by atoms with Gasteiger partial charge in [-0.15, -0.1) is 11.3 Å². The highest BCUT2D eigenvalue weighted by atomic mass is 35.5. The Bertz CT molecular complexity index is 1370. The Morgan fingerprint density at radius 1 is 1.06 bits per heavy atom. The number of thioether (sulfide) groups is 1. The van der Waals surface area contributed by atoms with E-state index in [9.17, 15) is 9.59 Å². The molecule has 34 heavy (non-hydrogen) atoms. The monoisotopic (exact) mass is 510 g/mol. The Labute approximate surface area is 210 Å². The maximum absolute atomic E-state index is 12.4. The van der Waals surface area contributed by atoms with Crippen molar-refractivity contribution in [1.82, 2.24) is 14.1 Å². The molecule has 3 aromatic heterocycles. The summed E-state index contributed by atoms with van der Waals surface area (Å²) in [5.74, 6) is 2.22. The minimum absolute atomic E-state index is 0.0583. The van der Waals surface area contributed by atoms with Crippen LogP contribution in [0, 0.1) is 0 Å². The lowest BCUT2D eigenvalue weighted by Crippen LogP contribution is -2.33. The summed E-state index contributed by atoms with van der Waals surface area (Å²) in [6, 6.07) is 14.8. The van der Waals surface area contributed by atoms with Gasteiger partial charge in [0.15, 0.2) is 5.78 Å². The topological polar surface area (TPSA) is 60.1 Å². The number of imidazole rings is 1. The molecule has 5 rings (SSSR count). The lowest BCUT2D eigenvalue weighted by atomic mass is 10.1. The van der Waals surface area contributed by atoms with Gasteiger partial charge in [-0.2, -0.15) is 11.8 Å². The summed E-state index contributed by atoms with van der Waals surface area (Å²) in [6.07, 6.45) is 6.53. The number of ketones is 1. The molecule has 1 saturated heterocycles. The minimum Gasteiger partial charge on any atom is -0.368 e. The molecular formula is C25H23ClN4O2S2. The van der Waals surface area contributed by atoms with Gasteiger partial charge in [0.2, 0.25) is 0 Å². The molecule has 4 heterocycles. The molecule has 0 bridgehead atoms. The molecule has 1 aliphatic heterocycles. The van der Waals surface area contributed by atoms with Crippen LogP contribution in [-0.2, 0) is 6.42 Å². The number of benzene rings is 1. The zero-order chi connectivity index (χ0) is 23.5. The fourth-order valence-corrected chi connectivity index (χ4v) is 5.95. The van der Waals surface area contributed by atoms with E-state index in [0.717, 1.165) is 47.4 Å². The van der Waals surface area contributed by atoms with E-state index in [1.807, 2.05) is 40.7 Å². The second-order valence-corrected chi connectivity index (χ2v) is 10.9. The van der Waals surface area contributed by atoms with Crippen molar-refractivity contribution in [2.45, 2.75) is 12.8 Å². The van der Waals surface area contributed by atoms with Gasteiger partial charge in [0.1, 0.15) is 0 Å². The molecule has 0 atom stereocenters. The van der Waals surface area contributed by atoms with E-state index in [0.29, 0.717) is 22.1 Å². The van der Waals surface area contributed by atoms with E-state index in [4.69, 9.17) is 11.6 Å². The van der Waals surface area contributed by atoms with Gasteiger partial charge >= 0.3 is 0 Å². The summed E-state index contributed by atoms with van der Waals surface area (Å²) < 4.78 is 4.29. The van der Waals surface area contributed by atoms with Crippen LogP contribution in [0.4, 0.5) is 5.69 Å². The molecule has 0 aliphatic carbocycles. The van der Waals surface area contributed by atoms with Crippen LogP contribution in [0.1, 0.15) is 21.8 Å². The Kier molecular flexibility index (Phi) is 6.89. The predicted molar refractivity (Wildman–Crippen MR) is 141 cm³/mol. The van der Waals surface area contributed by atoms with Crippen molar-refractivity contribution in [3.63, 3.8) is 0 Å². The van der Waals surface area contributed by atoms with E-state index in [1.165, 1.54) is 11.3 Å². The fraction of sp³-hybridized carbons (Fsp3) is 0.240. The number of nitrogens with zero attached hydrogens (tertiary/aromatic N) is 4. The molecule has 0 unspecified atom stereocenters. The van der Waals surface area contributed by atoms with Gasteiger partial charge in [-0.25, -0.2) is 4.98 Å². The highest BCUT2D eigenvalue weighted by Gasteiger charge is 2.18. The first-order valence-corrected chi connectivity index (χ1v) is 13.4. The van der Waals surface area contributed by atoms with Crippen molar-refractivity contribution in [2.75, 3.05) is 29.5 Å². The van der Waals surface area contributed by atoms with Gasteiger partial charge in [-0.1, -0.05) is 17.7 Å². The first kappa shape index (κ1) is 23.0. The van der Waals surface area contributed by atoms with Crippen LogP contribution in [0.5, 0.6) is 0 Å². The molecule has 1 fully saturated rings. The molecule has 1 aromatic carbocycles. The number of aryl methyl sites for hydroxylation is 1. The zero-order valence-electron chi connectivity index (χ0n) is 18.4. The van der Waals surface area contributed by atoms with Crippen LogP contribution >= 0.6 is 34.7 Å². The summed E-state index contributed by atoms with van der Waals surface area (Å²) in [7, 11) is 0. The van der Waals surface area contributed by atoms with Gasteiger partial charge in [0, 0.05) is 49.5 Å². The first-order chi connectivity index (χ1) is 16.6. The van der Waals surface area contributed by atoms with Crippen LogP contribution in [0.25, 0.3) is 11.4 Å². The standard InChI is InChI=1S/C25H23ClN4O2S2/c26-24-9-8-23(34-24)22(31)7-4-18-16-29(17-27-18)20-6-5-19(30-10-2-1-3-25(30)32)15-21(20)28-11-13-33-14-12-28/h1-3,5-6,8-10,15-17H,4,7,11-14H2. The van der Waals surface area contributed by atoms with Crippen LogP contribution in [0.15, 0.2) is 72.0 Å². The third-order valence-corrected chi connectivity index (χ3v) is 8.00. The molecule has 174 valence electrons. The summed E-state index contributed by atoms with van der Waals surface area (Å²) in [6.45, 7) is 1.90. The van der Waals surface area contributed by atoms with Gasteiger partial charge in [0.25, 0.3) is 5.56 Å². The normalized spacial score (nSPS) is 13.9. The van der Waals surface area contributed by atoms with E-state index < -0.39 is 0 Å². The van der Waals surface area contributed by atoms with Crippen molar-refractivity contribution in [3.8, 4) is 11.4 Å². The third kappa shape index (κ3) is 4.99. The van der Waals surface area contributed by atoms with Crippen LogP contribution < -0.4 is 10.5 Å². The molecule has 0 amide bonds. The first-order valence-electron chi connectivity index (χ1n) is 11.0. The van der Waals surface area contributed by atoms with Crippen molar-refractivity contribution in [2.24, 2.45) is 0 Å². The molecule has 4 aromatic rings. The van der Waals surface area contributed by atoms with Crippen molar-refractivity contribution in [1.29, 1.82) is 0 Å². The predicted octanol–water partition coefficient (Wildman–Crippen LogP) is 5.11. The number of hydrogen-bond acceptors (Lipinski definition) is 6. The largest absolute Gasteiger partial charge is 0.368 e. The smallest absolute Gasteiger partial charge is 0.255 e. The lowest BCUT2D eigenvalue weighted by molar-refractivity contribution is 0.0986. The van der Waals surface area contributed by atoms with Gasteiger partial charge in [-0.05, 0) is 42.8 Å². The highest BCUT2D eigenvalue weighted by Crippen LogP contribution is 2.30. The lowest BCUT2D eigenvalue weighted by Gasteiger charge is -2.31. The number of halogens is 1. The molecule has 1 aliphatic rings. The van der Waals surface area contributed by atoms with Crippen molar-refractivity contribution in [3.05, 3.63) is 92.5 Å². The Hall–Kier alpha value is -2.81. The number of anilines is 1. The number of thiophene rings is 1. The highest BCUT2D eigenvalue weighted by molar-refractivity contribution is 7.99. The third-order valence-electron chi connectivity index (χ3n) is 5.78. The number of rotatable bonds is 7. The van der Waals surface area contributed by atoms with Gasteiger partial charge in [0.05, 0.1) is 38.3 Å². The molecule has 6 nitrogen and oxygen atoms in total. The van der Waals surface area contributed by atoms with Crippen molar-refractivity contribution < 1.29 is 4.79 Å². The quantitative estimate of drug-likeness (QED) is 0.323. The second-order valence-electron chi connectivity index (χ2n) is 7.98. The second kappa shape index (κ2) is 10.2. The Morgan fingerprint density at radius 3 is 2.68 bits per heavy atom. The molecule has 0 saturated carbocycles. The van der Waals surface area contributed by atoms with E-state index in [-0.39, 0.29) is 11.3 Å². The molecule has 9 heteroatoms. The van der Waals surface area contributed by atoms with E-state index in [1.54, 1.807) is 41.4 Å². The molecule has 0 spiro atoms. The summed E-state index contributed by atoms with van der Waals surface area (Å²) in [4.78, 5) is 32.4. The SMILES string of the molecule is O=C(CCc1cn(-c2ccc(-n3ccccc3=O)cc2N2CCSCC2)cn1)c1ccc(Cl)s1. The molecular weight excluding hydrogens is 488 g/mol. The molecule has 0 radical (unpaired) electrons. The van der Waals surface area contributed by atoms with Crippen LogP contribution in [-0.4, -0.2) is 44.5 Å². The average Bonchev–Trinajstić information content (AvgIpc) is 3.52. The number of Topliss-reactive ketones (excluding diaryl/α,β-unsaturated/α-hetero) is 1. The fourth-order valence-electron chi connectivity index (χ4n) is 4.03. The molecule has 0 N–H and O–H groups in total. The number of hydrogen-bond donors (Lipinski definition) is 0. The zero-order valence-corrected chi connectivity index (χ0v) is 20.8. The van der Waals surface area contributed by atoms with E-state index in [2.05, 4.69) is 16.0 Å². The maximum atomic E-state index is 12.4. The summed E-state index contributed by atoms with van der Waals surface area (Å²) >= 11 is 9.22. The number of carbonyl (C=O) groups excluding carboxylic acids is 1. The van der Waals surface area contributed by atoms with Gasteiger partial charge in [-0.3, -0.25) is 14.2 Å². The maximum Gasteiger partial charge on any atom is 0.255 e. The van der Waals surface area contributed by atoms with Crippen LogP contribution in [0.3, 0.4) is 0 Å². The average molecular weight is 511 g/mol. The minimum atomic E-state index is -0.0583. The van der Waals surface area contributed by atoms with Gasteiger partial charge < -0.3 is 9.47 Å². The summed E-state index contributed by atoms with van der Waals surface area (Å²) in [5, 5.41) is 0. The number of carbonyl (C=O) groups is 1. The van der Waals surface area contributed by atoms with E-state index >= 15 is 0 Å². The van der Waals surface area contributed by atoms with Crippen molar-refractivity contribution >= 4 is 46.2 Å². The Morgan fingerprint density at radius 2 is 1.91 bits per heavy atom. The number of pyridine rings is 1. The van der Waals surface area contributed by atoms with Crippen LogP contribution in [0.2, 0.25) is 4.34 Å². The number of aromatic nitrogens is 3.